The van der Waals surface area contributed by atoms with Crippen LogP contribution >= 0.6 is 27.3 Å². The molecule has 6 heteroatoms. The lowest BCUT2D eigenvalue weighted by Gasteiger charge is -2.22. The van der Waals surface area contributed by atoms with Gasteiger partial charge in [0.1, 0.15) is 4.21 Å². The molecule has 0 spiro atoms. The van der Waals surface area contributed by atoms with Crippen molar-refractivity contribution in [3.8, 4) is 0 Å². The van der Waals surface area contributed by atoms with E-state index in [0.717, 1.165) is 21.7 Å². The molecule has 18 heavy (non-hydrogen) atoms. The van der Waals surface area contributed by atoms with Crippen molar-refractivity contribution in [1.82, 2.24) is 4.72 Å². The average Bonchev–Trinajstić information content (AvgIpc) is 2.95. The van der Waals surface area contributed by atoms with Gasteiger partial charge in [0.25, 0.3) is 0 Å². The summed E-state index contributed by atoms with van der Waals surface area (Å²) in [5.74, 6) is 1.31. The second-order valence-corrected chi connectivity index (χ2v) is 9.74. The first-order valence-electron chi connectivity index (χ1n) is 6.24. The Bertz CT molecular complexity index is 547. The van der Waals surface area contributed by atoms with E-state index >= 15 is 0 Å². The van der Waals surface area contributed by atoms with Crippen molar-refractivity contribution in [1.29, 1.82) is 0 Å². The molecule has 0 saturated heterocycles. The van der Waals surface area contributed by atoms with Crippen LogP contribution in [0.3, 0.4) is 0 Å². The topological polar surface area (TPSA) is 46.2 Å². The van der Waals surface area contributed by atoms with Gasteiger partial charge in [-0.15, -0.1) is 11.3 Å². The van der Waals surface area contributed by atoms with Gasteiger partial charge in [-0.25, -0.2) is 13.1 Å². The molecular weight excluding hydrogens is 334 g/mol. The van der Waals surface area contributed by atoms with Crippen molar-refractivity contribution >= 4 is 37.3 Å². The van der Waals surface area contributed by atoms with Gasteiger partial charge in [0.15, 0.2) is 0 Å². The van der Waals surface area contributed by atoms with Crippen LogP contribution in [0.25, 0.3) is 0 Å². The normalized spacial score (nSPS) is 31.1. The molecule has 3 unspecified atom stereocenters. The fraction of sp³-hybridized carbons (Fsp3) is 0.667. The van der Waals surface area contributed by atoms with Crippen molar-refractivity contribution in [2.75, 3.05) is 0 Å². The smallest absolute Gasteiger partial charge is 0.207 e. The number of thiophene rings is 1. The Hall–Kier alpha value is 0.0900. The summed E-state index contributed by atoms with van der Waals surface area (Å²) in [7, 11) is -3.33. The third kappa shape index (κ3) is 2.28. The minimum absolute atomic E-state index is 0.162. The summed E-state index contributed by atoms with van der Waals surface area (Å²) >= 11 is 4.67. The maximum atomic E-state index is 12.3. The van der Waals surface area contributed by atoms with E-state index in [-0.39, 0.29) is 6.04 Å². The monoisotopic (exact) mass is 349 g/mol. The summed E-state index contributed by atoms with van der Waals surface area (Å²) in [6.07, 6.45) is 4.70. The van der Waals surface area contributed by atoms with Gasteiger partial charge in [0, 0.05) is 6.04 Å². The lowest BCUT2D eigenvalue weighted by molar-refractivity contribution is 0.390. The van der Waals surface area contributed by atoms with Crippen LogP contribution < -0.4 is 4.72 Å². The minimum Gasteiger partial charge on any atom is -0.207 e. The molecule has 2 bridgehead atoms. The molecule has 100 valence electrons. The van der Waals surface area contributed by atoms with E-state index in [2.05, 4.69) is 20.7 Å². The van der Waals surface area contributed by atoms with Crippen molar-refractivity contribution in [3.05, 3.63) is 15.4 Å². The molecule has 0 radical (unpaired) electrons. The fourth-order valence-electron chi connectivity index (χ4n) is 3.21. The summed E-state index contributed by atoms with van der Waals surface area (Å²) in [6.45, 7) is 1.91. The van der Waals surface area contributed by atoms with Crippen LogP contribution in [0.2, 0.25) is 0 Å². The Balaban J connectivity index is 1.79. The van der Waals surface area contributed by atoms with Crippen LogP contribution in [0.5, 0.6) is 0 Å². The standard InChI is InChI=1S/C12H16BrNO2S2/c1-7-4-11(17-12(7)13)18(15,16)14-10-6-8-2-3-9(10)5-8/h4,8-10,14H,2-3,5-6H2,1H3. The lowest BCUT2D eigenvalue weighted by Crippen LogP contribution is -2.38. The van der Waals surface area contributed by atoms with Gasteiger partial charge in [-0.2, -0.15) is 0 Å². The number of hydrogen-bond donors (Lipinski definition) is 1. The first kappa shape index (κ1) is 13.1. The molecule has 2 saturated carbocycles. The SMILES string of the molecule is Cc1cc(S(=O)(=O)NC2CC3CCC2C3)sc1Br. The highest BCUT2D eigenvalue weighted by atomic mass is 79.9. The van der Waals surface area contributed by atoms with Crippen molar-refractivity contribution < 1.29 is 8.42 Å². The van der Waals surface area contributed by atoms with E-state index in [0.29, 0.717) is 10.1 Å². The second kappa shape index (κ2) is 4.58. The molecule has 3 rings (SSSR count). The van der Waals surface area contributed by atoms with Gasteiger partial charge >= 0.3 is 0 Å². The number of aryl methyl sites for hydroxylation is 1. The van der Waals surface area contributed by atoms with Gasteiger partial charge in [-0.3, -0.25) is 0 Å². The van der Waals surface area contributed by atoms with E-state index in [4.69, 9.17) is 0 Å². The Morgan fingerprint density at radius 2 is 2.17 bits per heavy atom. The molecule has 1 N–H and O–H groups in total. The molecule has 0 aromatic carbocycles. The second-order valence-electron chi connectivity index (χ2n) is 5.42. The highest BCUT2D eigenvalue weighted by Gasteiger charge is 2.41. The quantitative estimate of drug-likeness (QED) is 0.909. The predicted octanol–water partition coefficient (Wildman–Crippen LogP) is 3.29. The van der Waals surface area contributed by atoms with Gasteiger partial charge in [-0.1, -0.05) is 6.42 Å². The zero-order valence-corrected chi connectivity index (χ0v) is 13.4. The molecule has 1 aromatic heterocycles. The van der Waals surface area contributed by atoms with Crippen molar-refractivity contribution in [2.45, 2.75) is 42.9 Å². The van der Waals surface area contributed by atoms with Crippen LogP contribution in [0.15, 0.2) is 14.1 Å². The molecule has 2 fully saturated rings. The van der Waals surface area contributed by atoms with Crippen molar-refractivity contribution in [3.63, 3.8) is 0 Å². The third-order valence-electron chi connectivity index (χ3n) is 4.14. The van der Waals surface area contributed by atoms with Gasteiger partial charge < -0.3 is 0 Å². The fourth-order valence-corrected chi connectivity index (χ4v) is 6.77. The molecule has 0 aliphatic heterocycles. The van der Waals surface area contributed by atoms with Crippen LogP contribution in [-0.2, 0) is 10.0 Å². The first-order chi connectivity index (χ1) is 8.45. The summed E-state index contributed by atoms with van der Waals surface area (Å²) in [5.41, 5.74) is 0.980. The number of fused-ring (bicyclic) bond motifs is 2. The number of nitrogens with one attached hydrogen (secondary N) is 1. The Kier molecular flexibility index (Phi) is 3.33. The number of hydrogen-bond acceptors (Lipinski definition) is 3. The summed E-state index contributed by atoms with van der Waals surface area (Å²) in [4.78, 5) is 0. The van der Waals surface area contributed by atoms with Crippen LogP contribution in [-0.4, -0.2) is 14.5 Å². The van der Waals surface area contributed by atoms with E-state index in [1.807, 2.05) is 6.92 Å². The first-order valence-corrected chi connectivity index (χ1v) is 9.33. The molecule has 1 aromatic rings. The maximum absolute atomic E-state index is 12.3. The van der Waals surface area contributed by atoms with Gasteiger partial charge in [0.2, 0.25) is 10.0 Å². The molecule has 3 nitrogen and oxygen atoms in total. The summed E-state index contributed by atoms with van der Waals surface area (Å²) in [6, 6.07) is 1.90. The largest absolute Gasteiger partial charge is 0.250 e. The highest BCUT2D eigenvalue weighted by Crippen LogP contribution is 2.45. The zero-order chi connectivity index (χ0) is 12.9. The minimum atomic E-state index is -3.33. The van der Waals surface area contributed by atoms with Gasteiger partial charge in [-0.05, 0) is 65.6 Å². The number of halogens is 1. The number of sulfonamides is 1. The molecule has 3 atom stereocenters. The Labute approximate surface area is 120 Å². The summed E-state index contributed by atoms with van der Waals surface area (Å²) < 4.78 is 28.8. The Morgan fingerprint density at radius 3 is 2.67 bits per heavy atom. The summed E-state index contributed by atoms with van der Waals surface area (Å²) in [5, 5.41) is 0. The van der Waals surface area contributed by atoms with Crippen LogP contribution in [0.1, 0.15) is 31.2 Å². The van der Waals surface area contributed by atoms with Crippen LogP contribution in [0, 0.1) is 18.8 Å². The molecule has 0 amide bonds. The van der Waals surface area contributed by atoms with E-state index in [9.17, 15) is 8.42 Å². The van der Waals surface area contributed by atoms with Crippen molar-refractivity contribution in [2.24, 2.45) is 11.8 Å². The van der Waals surface area contributed by atoms with Crippen LogP contribution in [0.4, 0.5) is 0 Å². The van der Waals surface area contributed by atoms with E-state index in [1.54, 1.807) is 6.07 Å². The van der Waals surface area contributed by atoms with E-state index < -0.39 is 10.0 Å². The lowest BCUT2D eigenvalue weighted by atomic mass is 9.96. The third-order valence-corrected chi connectivity index (χ3v) is 8.24. The predicted molar refractivity (Wildman–Crippen MR) is 76.3 cm³/mol. The number of rotatable bonds is 3. The molecule has 2 aliphatic rings. The highest BCUT2D eigenvalue weighted by molar-refractivity contribution is 9.11. The zero-order valence-electron chi connectivity index (χ0n) is 10.1. The average molecular weight is 350 g/mol. The van der Waals surface area contributed by atoms with E-state index in [1.165, 1.54) is 30.6 Å². The van der Waals surface area contributed by atoms with Gasteiger partial charge in [0.05, 0.1) is 3.79 Å². The molecular formula is C12H16BrNO2S2. The maximum Gasteiger partial charge on any atom is 0.250 e. The molecule has 1 heterocycles. The molecule has 2 aliphatic carbocycles. The Morgan fingerprint density at radius 1 is 1.39 bits per heavy atom.